The van der Waals surface area contributed by atoms with Crippen molar-refractivity contribution in [3.05, 3.63) is 65.1 Å². The average Bonchev–Trinajstić information content (AvgIpc) is 3.51. The first-order chi connectivity index (χ1) is 17.9. The first-order valence-corrected chi connectivity index (χ1v) is 11.8. The summed E-state index contributed by atoms with van der Waals surface area (Å²) in [7, 11) is 2.04. The smallest absolute Gasteiger partial charge is 0.324 e. The molecule has 2 aliphatic heterocycles. The van der Waals surface area contributed by atoms with Crippen LogP contribution >= 0.6 is 0 Å². The Morgan fingerprint density at radius 2 is 1.73 bits per heavy atom. The summed E-state index contributed by atoms with van der Waals surface area (Å²) in [5, 5.41) is 5.25. The average molecular weight is 506 g/mol. The maximum Gasteiger partial charge on any atom is 0.324 e. The van der Waals surface area contributed by atoms with Crippen molar-refractivity contribution in [2.24, 2.45) is 5.73 Å². The number of hydrogen-bond donors (Lipinski definition) is 4. The Kier molecular flexibility index (Phi) is 6.64. The zero-order valence-electron chi connectivity index (χ0n) is 20.2. The lowest BCUT2D eigenvalue weighted by atomic mass is 10.1. The van der Waals surface area contributed by atoms with Crippen molar-refractivity contribution in [1.82, 2.24) is 19.8 Å². The zero-order chi connectivity index (χ0) is 25.9. The Labute approximate surface area is 212 Å². The molecule has 4 amide bonds. The number of piperazine rings is 1. The number of benzene rings is 2. The number of aromatic nitrogens is 2. The molecule has 12 nitrogen and oxygen atoms in total. The molecule has 2 aliphatic rings. The topological polar surface area (TPSA) is 155 Å². The molecular formula is C25H27N7O5. The van der Waals surface area contributed by atoms with Crippen LogP contribution in [0.3, 0.4) is 0 Å². The van der Waals surface area contributed by atoms with Crippen LogP contribution in [0.4, 0.5) is 16.3 Å². The predicted octanol–water partition coefficient (Wildman–Crippen LogP) is 1.86. The fraction of sp³-hybridized carbons (Fsp3) is 0.280. The van der Waals surface area contributed by atoms with Gasteiger partial charge < -0.3 is 35.3 Å². The lowest BCUT2D eigenvalue weighted by molar-refractivity contribution is 0.0664. The summed E-state index contributed by atoms with van der Waals surface area (Å²) in [4.78, 5) is 48.5. The van der Waals surface area contributed by atoms with Gasteiger partial charge in [-0.3, -0.25) is 14.9 Å². The highest BCUT2D eigenvalue weighted by Gasteiger charge is 2.21. The molecule has 0 atom stereocenters. The van der Waals surface area contributed by atoms with E-state index in [1.165, 1.54) is 0 Å². The number of fused-ring (bicyclic) bond motifs is 1. The molecule has 0 spiro atoms. The molecule has 2 aromatic carbocycles. The number of anilines is 2. The number of nitrogens with zero attached hydrogens (tertiary/aromatic N) is 3. The number of nitrogens with two attached hydrogens (primary N) is 1. The second-order valence-electron chi connectivity index (χ2n) is 8.89. The third kappa shape index (κ3) is 5.48. The van der Waals surface area contributed by atoms with Gasteiger partial charge in [-0.15, -0.1) is 0 Å². The van der Waals surface area contributed by atoms with Gasteiger partial charge in [-0.05, 0) is 36.9 Å². The number of aromatic amines is 1. The number of carbonyl (C=O) groups is 3. The minimum Gasteiger partial charge on any atom is -0.454 e. The lowest BCUT2D eigenvalue weighted by Gasteiger charge is -2.32. The van der Waals surface area contributed by atoms with Gasteiger partial charge in [-0.1, -0.05) is 12.1 Å². The number of amides is 4. The Hall–Kier alpha value is -4.58. The molecular weight excluding hydrogens is 478 g/mol. The minimum atomic E-state index is -0.783. The Morgan fingerprint density at radius 3 is 2.46 bits per heavy atom. The van der Waals surface area contributed by atoms with E-state index < -0.39 is 11.9 Å². The first-order valence-electron chi connectivity index (χ1n) is 11.8. The fourth-order valence-electron chi connectivity index (χ4n) is 4.18. The number of primary amides is 1. The molecule has 0 unspecified atom stereocenters. The number of rotatable bonds is 6. The Bertz CT molecular complexity index is 1330. The molecule has 1 saturated heterocycles. The monoisotopic (exact) mass is 505 g/mol. The number of likely N-dealkylation sites (N-methyl/N-ethyl adjacent to an activating group) is 1. The van der Waals surface area contributed by atoms with Crippen LogP contribution in [-0.2, 0) is 6.42 Å². The second kappa shape index (κ2) is 10.2. The van der Waals surface area contributed by atoms with Gasteiger partial charge in [-0.25, -0.2) is 9.78 Å². The maximum absolute atomic E-state index is 12.8. The van der Waals surface area contributed by atoms with E-state index in [-0.39, 0.29) is 24.2 Å². The van der Waals surface area contributed by atoms with Gasteiger partial charge in [0, 0.05) is 49.9 Å². The normalized spacial score (nSPS) is 14.9. The van der Waals surface area contributed by atoms with Crippen molar-refractivity contribution in [3.63, 3.8) is 0 Å². The van der Waals surface area contributed by atoms with Crippen molar-refractivity contribution in [2.75, 3.05) is 50.7 Å². The van der Waals surface area contributed by atoms with Crippen LogP contribution in [0, 0.1) is 0 Å². The van der Waals surface area contributed by atoms with Gasteiger partial charge in [0.2, 0.25) is 6.79 Å². The molecule has 0 saturated carbocycles. The molecule has 5 N–H and O–H groups in total. The number of carbonyl (C=O) groups excluding carboxylic acids is 3. The molecule has 0 aliphatic carbocycles. The summed E-state index contributed by atoms with van der Waals surface area (Å²) in [6.07, 6.45) is 0.342. The van der Waals surface area contributed by atoms with Crippen LogP contribution in [0.5, 0.6) is 11.5 Å². The van der Waals surface area contributed by atoms with Gasteiger partial charge in [-0.2, -0.15) is 0 Å². The summed E-state index contributed by atoms with van der Waals surface area (Å²) < 4.78 is 10.6. The third-order valence-corrected chi connectivity index (χ3v) is 6.22. The van der Waals surface area contributed by atoms with E-state index in [0.717, 1.165) is 18.7 Å². The number of urea groups is 1. The van der Waals surface area contributed by atoms with E-state index in [1.54, 1.807) is 30.3 Å². The SMILES string of the molecule is CN1CCN(C(=O)c2ccc(Cc3nc(C(N)=O)c(NC(=O)Nc4ccc5c(c4)OCO5)[nH]3)cc2)CC1. The molecule has 5 rings (SSSR count). The van der Waals surface area contributed by atoms with Crippen LogP contribution in [0.15, 0.2) is 42.5 Å². The van der Waals surface area contributed by atoms with E-state index >= 15 is 0 Å². The van der Waals surface area contributed by atoms with Gasteiger partial charge in [0.15, 0.2) is 17.2 Å². The number of H-pyrrole nitrogens is 1. The predicted molar refractivity (Wildman–Crippen MR) is 135 cm³/mol. The van der Waals surface area contributed by atoms with E-state index in [0.29, 0.717) is 48.1 Å². The minimum absolute atomic E-state index is 0.00798. The van der Waals surface area contributed by atoms with E-state index in [2.05, 4.69) is 25.5 Å². The molecule has 37 heavy (non-hydrogen) atoms. The second-order valence-corrected chi connectivity index (χ2v) is 8.89. The van der Waals surface area contributed by atoms with Gasteiger partial charge in [0.05, 0.1) is 0 Å². The highest BCUT2D eigenvalue weighted by Crippen LogP contribution is 2.34. The van der Waals surface area contributed by atoms with Crippen LogP contribution in [0.1, 0.15) is 32.2 Å². The van der Waals surface area contributed by atoms with Gasteiger partial charge >= 0.3 is 6.03 Å². The largest absolute Gasteiger partial charge is 0.454 e. The Morgan fingerprint density at radius 1 is 1.00 bits per heavy atom. The number of imidazole rings is 1. The van der Waals surface area contributed by atoms with E-state index in [9.17, 15) is 14.4 Å². The quantitative estimate of drug-likeness (QED) is 0.399. The van der Waals surface area contributed by atoms with Crippen LogP contribution in [0.2, 0.25) is 0 Å². The summed E-state index contributed by atoms with van der Waals surface area (Å²) in [6, 6.07) is 11.6. The van der Waals surface area contributed by atoms with Crippen molar-refractivity contribution >= 4 is 29.4 Å². The highest BCUT2D eigenvalue weighted by atomic mass is 16.7. The number of nitrogens with one attached hydrogen (secondary N) is 3. The fourth-order valence-corrected chi connectivity index (χ4v) is 4.18. The summed E-state index contributed by atoms with van der Waals surface area (Å²) in [5.41, 5.74) is 7.36. The molecule has 3 heterocycles. The van der Waals surface area contributed by atoms with E-state index in [1.807, 2.05) is 24.1 Å². The molecule has 0 radical (unpaired) electrons. The summed E-state index contributed by atoms with van der Waals surface area (Å²) in [5.74, 6) is 0.864. The lowest BCUT2D eigenvalue weighted by Crippen LogP contribution is -2.47. The maximum atomic E-state index is 12.8. The standard InChI is InChI=1S/C25H27N7O5/c1-31-8-10-32(11-9-31)24(34)16-4-2-15(3-5-16)12-20-28-21(22(26)33)23(29-20)30-25(35)27-17-6-7-18-19(13-17)37-14-36-18/h2-7,13H,8-12,14H2,1H3,(H2,26,33)(H,28,29)(H2,27,30,35). The summed E-state index contributed by atoms with van der Waals surface area (Å²) in [6.45, 7) is 3.25. The molecule has 1 aromatic heterocycles. The van der Waals surface area contributed by atoms with Crippen molar-refractivity contribution < 1.29 is 23.9 Å². The molecule has 0 bridgehead atoms. The van der Waals surface area contributed by atoms with Crippen LogP contribution < -0.4 is 25.8 Å². The van der Waals surface area contributed by atoms with Crippen molar-refractivity contribution in [2.45, 2.75) is 6.42 Å². The van der Waals surface area contributed by atoms with Crippen molar-refractivity contribution in [3.8, 4) is 11.5 Å². The van der Waals surface area contributed by atoms with E-state index in [4.69, 9.17) is 15.2 Å². The molecule has 192 valence electrons. The van der Waals surface area contributed by atoms with Crippen molar-refractivity contribution in [1.29, 1.82) is 0 Å². The van der Waals surface area contributed by atoms with Crippen LogP contribution in [-0.4, -0.2) is 77.6 Å². The zero-order valence-corrected chi connectivity index (χ0v) is 20.2. The molecule has 3 aromatic rings. The molecule has 1 fully saturated rings. The Balaban J connectivity index is 1.23. The summed E-state index contributed by atoms with van der Waals surface area (Å²) >= 11 is 0. The van der Waals surface area contributed by atoms with Gasteiger partial charge in [0.25, 0.3) is 11.8 Å². The first kappa shape index (κ1) is 24.1. The number of ether oxygens (including phenoxy) is 2. The molecule has 12 heteroatoms. The number of hydrogen-bond acceptors (Lipinski definition) is 7. The van der Waals surface area contributed by atoms with Crippen LogP contribution in [0.25, 0.3) is 0 Å². The van der Waals surface area contributed by atoms with Gasteiger partial charge in [0.1, 0.15) is 11.6 Å². The third-order valence-electron chi connectivity index (χ3n) is 6.22. The highest BCUT2D eigenvalue weighted by molar-refractivity contribution is 6.04.